The molecule has 0 spiro atoms. The molecule has 0 atom stereocenters. The zero-order chi connectivity index (χ0) is 16.5. The van der Waals surface area contributed by atoms with Crippen LogP contribution in [0.1, 0.15) is 12.8 Å². The minimum Gasteiger partial charge on any atom is -0.341 e. The number of thiophene rings is 1. The van der Waals surface area contributed by atoms with E-state index in [1.165, 1.54) is 4.68 Å². The molecule has 5 nitrogen and oxygen atoms in total. The molecule has 0 radical (unpaired) electrons. The molecule has 1 amide bonds. The molecule has 1 aliphatic heterocycles. The molecule has 6 heteroatoms. The third kappa shape index (κ3) is 2.63. The van der Waals surface area contributed by atoms with Crippen molar-refractivity contribution in [3.63, 3.8) is 0 Å². The summed E-state index contributed by atoms with van der Waals surface area (Å²) < 4.78 is 1.32. The minimum absolute atomic E-state index is 0.00203. The lowest BCUT2D eigenvalue weighted by Crippen LogP contribution is -2.35. The van der Waals surface area contributed by atoms with Gasteiger partial charge in [0.2, 0.25) is 5.91 Å². The Kier molecular flexibility index (Phi) is 3.90. The maximum atomic E-state index is 12.7. The van der Waals surface area contributed by atoms with E-state index in [1.54, 1.807) is 17.4 Å². The van der Waals surface area contributed by atoms with Crippen LogP contribution in [0.2, 0.25) is 0 Å². The van der Waals surface area contributed by atoms with E-state index in [0.717, 1.165) is 41.9 Å². The van der Waals surface area contributed by atoms with Gasteiger partial charge in [0.25, 0.3) is 5.56 Å². The number of fused-ring (bicyclic) bond motifs is 1. The van der Waals surface area contributed by atoms with E-state index in [9.17, 15) is 9.59 Å². The summed E-state index contributed by atoms with van der Waals surface area (Å²) in [4.78, 5) is 28.0. The summed E-state index contributed by atoms with van der Waals surface area (Å²) in [5, 5.41) is 7.93. The third-order valence-electron chi connectivity index (χ3n) is 4.37. The molecule has 0 N–H and O–H groups in total. The summed E-state index contributed by atoms with van der Waals surface area (Å²) in [5.41, 5.74) is 0.549. The van der Waals surface area contributed by atoms with Gasteiger partial charge in [0, 0.05) is 18.5 Å². The van der Waals surface area contributed by atoms with Gasteiger partial charge in [-0.25, -0.2) is 4.68 Å². The molecule has 24 heavy (non-hydrogen) atoms. The van der Waals surface area contributed by atoms with Crippen molar-refractivity contribution in [2.75, 3.05) is 13.1 Å². The van der Waals surface area contributed by atoms with Gasteiger partial charge in [0.1, 0.15) is 12.2 Å². The summed E-state index contributed by atoms with van der Waals surface area (Å²) >= 11 is 1.58. The maximum absolute atomic E-state index is 12.7. The van der Waals surface area contributed by atoms with Crippen LogP contribution in [0, 0.1) is 0 Å². The van der Waals surface area contributed by atoms with E-state index < -0.39 is 0 Å². The Bertz CT molecular complexity index is 941. The van der Waals surface area contributed by atoms with Crippen LogP contribution in [-0.4, -0.2) is 33.7 Å². The van der Waals surface area contributed by atoms with Crippen molar-refractivity contribution in [1.82, 2.24) is 14.7 Å². The fraction of sp³-hybridized carbons (Fsp3) is 0.278. The van der Waals surface area contributed by atoms with Crippen LogP contribution in [0.4, 0.5) is 0 Å². The number of hydrogen-bond donors (Lipinski definition) is 0. The van der Waals surface area contributed by atoms with E-state index in [0.29, 0.717) is 5.39 Å². The number of aromatic nitrogens is 2. The number of rotatable bonds is 3. The lowest BCUT2D eigenvalue weighted by Gasteiger charge is -2.16. The van der Waals surface area contributed by atoms with E-state index in [-0.39, 0.29) is 18.0 Å². The average molecular weight is 339 g/mol. The first-order valence-corrected chi connectivity index (χ1v) is 8.93. The minimum atomic E-state index is -0.210. The summed E-state index contributed by atoms with van der Waals surface area (Å²) in [6, 6.07) is 11.4. The van der Waals surface area contributed by atoms with Gasteiger partial charge >= 0.3 is 0 Å². The topological polar surface area (TPSA) is 55.2 Å². The molecule has 1 aliphatic rings. The quantitative estimate of drug-likeness (QED) is 0.737. The summed E-state index contributed by atoms with van der Waals surface area (Å²) in [6.45, 7) is 1.56. The first kappa shape index (κ1) is 15.1. The van der Waals surface area contributed by atoms with Crippen LogP contribution in [-0.2, 0) is 11.3 Å². The fourth-order valence-corrected chi connectivity index (χ4v) is 3.86. The molecule has 0 bridgehead atoms. The third-order valence-corrected chi connectivity index (χ3v) is 5.24. The van der Waals surface area contributed by atoms with Gasteiger partial charge in [-0.2, -0.15) is 5.10 Å². The Hall–Kier alpha value is -2.47. The zero-order valence-electron chi connectivity index (χ0n) is 13.1. The molecule has 1 aromatic carbocycles. The van der Waals surface area contributed by atoms with E-state index >= 15 is 0 Å². The second-order valence-electron chi connectivity index (χ2n) is 5.92. The van der Waals surface area contributed by atoms with Crippen LogP contribution in [0.25, 0.3) is 21.3 Å². The molecule has 4 rings (SSSR count). The lowest BCUT2D eigenvalue weighted by molar-refractivity contribution is -0.131. The number of hydrogen-bond acceptors (Lipinski definition) is 4. The molecular formula is C18H17N3O2S. The summed E-state index contributed by atoms with van der Waals surface area (Å²) in [7, 11) is 0. The van der Waals surface area contributed by atoms with Crippen LogP contribution in [0.5, 0.6) is 0 Å². The molecule has 1 fully saturated rings. The van der Waals surface area contributed by atoms with Crippen molar-refractivity contribution in [2.24, 2.45) is 0 Å². The van der Waals surface area contributed by atoms with Gasteiger partial charge in [-0.05, 0) is 30.4 Å². The fourth-order valence-electron chi connectivity index (χ4n) is 3.13. The van der Waals surface area contributed by atoms with Gasteiger partial charge in [0.15, 0.2) is 0 Å². The summed E-state index contributed by atoms with van der Waals surface area (Å²) in [5.74, 6) is -0.0329. The van der Waals surface area contributed by atoms with E-state index in [2.05, 4.69) is 5.10 Å². The zero-order valence-corrected chi connectivity index (χ0v) is 14.0. The monoisotopic (exact) mass is 339 g/mol. The number of benzene rings is 1. The average Bonchev–Trinajstić information content (AvgIpc) is 3.31. The standard InChI is InChI=1S/C18H17N3O2S/c22-16(20-9-3-4-10-20)12-21-18(23)14-7-2-1-6-13(14)17(19-21)15-8-5-11-24-15/h1-2,5-8,11H,3-4,9-10,12H2. The number of carbonyl (C=O) groups excluding carboxylic acids is 1. The van der Waals surface area contributed by atoms with Crippen LogP contribution in [0.3, 0.4) is 0 Å². The molecule has 3 aromatic rings. The first-order chi connectivity index (χ1) is 11.7. The first-order valence-electron chi connectivity index (χ1n) is 8.05. The van der Waals surface area contributed by atoms with Crippen molar-refractivity contribution in [2.45, 2.75) is 19.4 Å². The van der Waals surface area contributed by atoms with E-state index in [1.807, 2.05) is 40.6 Å². The van der Waals surface area contributed by atoms with Crippen molar-refractivity contribution < 1.29 is 4.79 Å². The van der Waals surface area contributed by atoms with Gasteiger partial charge in [0.05, 0.1) is 10.3 Å². The Morgan fingerprint density at radius 3 is 2.54 bits per heavy atom. The molecule has 0 aliphatic carbocycles. The largest absolute Gasteiger partial charge is 0.341 e. The van der Waals surface area contributed by atoms with Gasteiger partial charge in [-0.1, -0.05) is 24.3 Å². The SMILES string of the molecule is O=C(Cn1nc(-c2cccs2)c2ccccc2c1=O)N1CCCC1. The number of nitrogens with zero attached hydrogens (tertiary/aromatic N) is 3. The Labute approximate surface area is 143 Å². The number of amides is 1. The molecule has 122 valence electrons. The molecule has 0 unspecified atom stereocenters. The molecule has 2 aromatic heterocycles. The van der Waals surface area contributed by atoms with Crippen molar-refractivity contribution in [1.29, 1.82) is 0 Å². The highest BCUT2D eigenvalue weighted by Crippen LogP contribution is 2.28. The lowest BCUT2D eigenvalue weighted by atomic mass is 10.1. The summed E-state index contributed by atoms with van der Waals surface area (Å²) in [6.07, 6.45) is 2.07. The number of carbonyl (C=O) groups is 1. The normalized spacial score (nSPS) is 14.4. The molecule has 3 heterocycles. The highest BCUT2D eigenvalue weighted by molar-refractivity contribution is 7.13. The molecule has 1 saturated heterocycles. The van der Waals surface area contributed by atoms with Gasteiger partial charge < -0.3 is 4.90 Å². The van der Waals surface area contributed by atoms with Gasteiger partial charge in [-0.3, -0.25) is 9.59 Å². The smallest absolute Gasteiger partial charge is 0.275 e. The number of likely N-dealkylation sites (tertiary alicyclic amines) is 1. The highest BCUT2D eigenvalue weighted by Gasteiger charge is 2.20. The highest BCUT2D eigenvalue weighted by atomic mass is 32.1. The Morgan fingerprint density at radius 1 is 1.08 bits per heavy atom. The van der Waals surface area contributed by atoms with E-state index in [4.69, 9.17) is 0 Å². The molecular weight excluding hydrogens is 322 g/mol. The van der Waals surface area contributed by atoms with Crippen molar-refractivity contribution in [3.05, 3.63) is 52.1 Å². The van der Waals surface area contributed by atoms with Crippen molar-refractivity contribution >= 4 is 28.0 Å². The van der Waals surface area contributed by atoms with Crippen molar-refractivity contribution in [3.8, 4) is 10.6 Å². The van der Waals surface area contributed by atoms with Crippen LogP contribution < -0.4 is 5.56 Å². The molecule has 0 saturated carbocycles. The Balaban J connectivity index is 1.82. The second kappa shape index (κ2) is 6.20. The van der Waals surface area contributed by atoms with Crippen LogP contribution in [0.15, 0.2) is 46.6 Å². The predicted octanol–water partition coefficient (Wildman–Crippen LogP) is 2.75. The van der Waals surface area contributed by atoms with Gasteiger partial charge in [-0.15, -0.1) is 11.3 Å². The second-order valence-corrected chi connectivity index (χ2v) is 6.87. The van der Waals surface area contributed by atoms with Crippen LogP contribution >= 0.6 is 11.3 Å². The Morgan fingerprint density at radius 2 is 1.83 bits per heavy atom. The maximum Gasteiger partial charge on any atom is 0.275 e. The predicted molar refractivity (Wildman–Crippen MR) is 95.1 cm³/mol.